The molecule has 0 radical (unpaired) electrons. The highest BCUT2D eigenvalue weighted by molar-refractivity contribution is 5.47. The van der Waals surface area contributed by atoms with E-state index in [4.69, 9.17) is 0 Å². The molecule has 2 atom stereocenters. The zero-order valence-electron chi connectivity index (χ0n) is 11.5. The molecule has 20 heavy (non-hydrogen) atoms. The Labute approximate surface area is 117 Å². The zero-order valence-corrected chi connectivity index (χ0v) is 11.5. The maximum atomic E-state index is 12.5. The van der Waals surface area contributed by atoms with Gasteiger partial charge in [0.05, 0.1) is 17.7 Å². The van der Waals surface area contributed by atoms with Gasteiger partial charge in [0.1, 0.15) is 0 Å². The normalized spacial score (nSPS) is 27.4. The van der Waals surface area contributed by atoms with Gasteiger partial charge in [-0.15, -0.1) is 0 Å². The Hall–Kier alpha value is -1.23. The standard InChI is InChI=1S/C15H20F3NO/c1-11-3-2-8-14(9-11,10-20)19-13-6-4-12(5-7-13)15(16,17)18/h4-7,11,19-20H,2-3,8-10H2,1H3. The van der Waals surface area contributed by atoms with E-state index in [-0.39, 0.29) is 6.61 Å². The maximum Gasteiger partial charge on any atom is 0.416 e. The first kappa shape index (κ1) is 15.2. The Morgan fingerprint density at radius 3 is 2.45 bits per heavy atom. The predicted octanol–water partition coefficient (Wildman–Crippen LogP) is 4.06. The summed E-state index contributed by atoms with van der Waals surface area (Å²) in [4.78, 5) is 0. The van der Waals surface area contributed by atoms with Crippen molar-refractivity contribution < 1.29 is 18.3 Å². The van der Waals surface area contributed by atoms with Crippen molar-refractivity contribution in [2.24, 2.45) is 5.92 Å². The lowest BCUT2D eigenvalue weighted by atomic mass is 9.76. The molecule has 2 nitrogen and oxygen atoms in total. The number of aliphatic hydroxyl groups is 1. The van der Waals surface area contributed by atoms with Crippen molar-refractivity contribution >= 4 is 5.69 Å². The van der Waals surface area contributed by atoms with Crippen LogP contribution in [0, 0.1) is 5.92 Å². The minimum absolute atomic E-state index is 0.00162. The van der Waals surface area contributed by atoms with Crippen molar-refractivity contribution in [2.45, 2.75) is 44.3 Å². The second kappa shape index (κ2) is 5.64. The molecule has 0 aliphatic heterocycles. The van der Waals surface area contributed by atoms with Gasteiger partial charge in [0, 0.05) is 5.69 Å². The molecule has 0 saturated heterocycles. The van der Waals surface area contributed by atoms with Crippen molar-refractivity contribution in [3.8, 4) is 0 Å². The van der Waals surface area contributed by atoms with Gasteiger partial charge in [-0.1, -0.05) is 19.8 Å². The van der Waals surface area contributed by atoms with Crippen LogP contribution in [0.1, 0.15) is 38.2 Å². The summed E-state index contributed by atoms with van der Waals surface area (Å²) in [6, 6.07) is 5.00. The van der Waals surface area contributed by atoms with Gasteiger partial charge in [-0.25, -0.2) is 0 Å². The second-order valence-corrected chi connectivity index (χ2v) is 5.84. The summed E-state index contributed by atoms with van der Waals surface area (Å²) in [5.74, 6) is 0.512. The number of rotatable bonds is 3. The van der Waals surface area contributed by atoms with Crippen LogP contribution < -0.4 is 5.32 Å². The topological polar surface area (TPSA) is 32.3 Å². The highest BCUT2D eigenvalue weighted by Crippen LogP contribution is 2.35. The predicted molar refractivity (Wildman–Crippen MR) is 72.5 cm³/mol. The molecule has 1 saturated carbocycles. The second-order valence-electron chi connectivity index (χ2n) is 5.84. The molecule has 112 valence electrons. The number of halogens is 3. The molecule has 1 aromatic carbocycles. The molecule has 0 aromatic heterocycles. The third-order valence-corrected chi connectivity index (χ3v) is 4.02. The van der Waals surface area contributed by atoms with Crippen molar-refractivity contribution in [3.05, 3.63) is 29.8 Å². The molecule has 0 spiro atoms. The summed E-state index contributed by atoms with van der Waals surface area (Å²) in [5, 5.41) is 12.9. The fourth-order valence-electron chi connectivity index (χ4n) is 3.01. The molecule has 2 N–H and O–H groups in total. The number of anilines is 1. The third kappa shape index (κ3) is 3.45. The summed E-state index contributed by atoms with van der Waals surface area (Å²) in [6.45, 7) is 2.14. The summed E-state index contributed by atoms with van der Waals surface area (Å²) in [5.41, 5.74) is -0.434. The largest absolute Gasteiger partial charge is 0.416 e. The van der Waals surface area contributed by atoms with E-state index in [1.54, 1.807) is 0 Å². The van der Waals surface area contributed by atoms with E-state index in [2.05, 4.69) is 12.2 Å². The Morgan fingerprint density at radius 2 is 1.95 bits per heavy atom. The van der Waals surface area contributed by atoms with E-state index in [1.165, 1.54) is 12.1 Å². The smallest absolute Gasteiger partial charge is 0.394 e. The van der Waals surface area contributed by atoms with Gasteiger partial charge in [0.25, 0.3) is 0 Å². The monoisotopic (exact) mass is 287 g/mol. The molecule has 0 heterocycles. The Kier molecular flexibility index (Phi) is 4.28. The van der Waals surface area contributed by atoms with Crippen LogP contribution in [-0.4, -0.2) is 17.3 Å². The number of hydrogen-bond acceptors (Lipinski definition) is 2. The lowest BCUT2D eigenvalue weighted by Gasteiger charge is -2.40. The fraction of sp³-hybridized carbons (Fsp3) is 0.600. The third-order valence-electron chi connectivity index (χ3n) is 4.02. The number of hydrogen-bond donors (Lipinski definition) is 2. The Morgan fingerprint density at radius 1 is 1.30 bits per heavy atom. The van der Waals surface area contributed by atoms with E-state index in [0.29, 0.717) is 11.6 Å². The van der Waals surface area contributed by atoms with E-state index in [1.807, 2.05) is 0 Å². The average molecular weight is 287 g/mol. The molecular weight excluding hydrogens is 267 g/mol. The first-order chi connectivity index (χ1) is 9.35. The molecule has 2 unspecified atom stereocenters. The van der Waals surface area contributed by atoms with Crippen LogP contribution >= 0.6 is 0 Å². The van der Waals surface area contributed by atoms with Crippen molar-refractivity contribution in [1.29, 1.82) is 0 Å². The quantitative estimate of drug-likeness (QED) is 0.878. The fourth-order valence-corrected chi connectivity index (χ4v) is 3.01. The Balaban J connectivity index is 2.12. The van der Waals surface area contributed by atoms with E-state index in [0.717, 1.165) is 37.8 Å². The number of alkyl halides is 3. The molecule has 0 amide bonds. The molecule has 1 fully saturated rings. The van der Waals surface area contributed by atoms with Gasteiger partial charge >= 0.3 is 6.18 Å². The molecule has 1 aromatic rings. The lowest BCUT2D eigenvalue weighted by Crippen LogP contribution is -2.45. The van der Waals surface area contributed by atoms with Gasteiger partial charge < -0.3 is 10.4 Å². The molecule has 1 aliphatic rings. The van der Waals surface area contributed by atoms with E-state index >= 15 is 0 Å². The van der Waals surface area contributed by atoms with E-state index < -0.39 is 17.3 Å². The van der Waals surface area contributed by atoms with Gasteiger partial charge in [0.2, 0.25) is 0 Å². The number of benzene rings is 1. The van der Waals surface area contributed by atoms with Gasteiger partial charge in [-0.05, 0) is 43.0 Å². The van der Waals surface area contributed by atoms with Crippen LogP contribution in [-0.2, 0) is 6.18 Å². The minimum atomic E-state index is -4.31. The van der Waals surface area contributed by atoms with Gasteiger partial charge in [-0.2, -0.15) is 13.2 Å². The van der Waals surface area contributed by atoms with Crippen LogP contribution in [0.5, 0.6) is 0 Å². The van der Waals surface area contributed by atoms with Crippen molar-refractivity contribution in [2.75, 3.05) is 11.9 Å². The molecular formula is C15H20F3NO. The first-order valence-electron chi connectivity index (χ1n) is 6.91. The lowest BCUT2D eigenvalue weighted by molar-refractivity contribution is -0.137. The van der Waals surface area contributed by atoms with Crippen molar-refractivity contribution in [1.82, 2.24) is 0 Å². The van der Waals surface area contributed by atoms with Crippen LogP contribution in [0.3, 0.4) is 0 Å². The average Bonchev–Trinajstić information content (AvgIpc) is 2.38. The Bertz CT molecular complexity index is 443. The summed E-state index contributed by atoms with van der Waals surface area (Å²) < 4.78 is 37.5. The highest BCUT2D eigenvalue weighted by Gasteiger charge is 2.35. The van der Waals surface area contributed by atoms with Gasteiger partial charge in [0.15, 0.2) is 0 Å². The number of aliphatic hydroxyl groups excluding tert-OH is 1. The van der Waals surface area contributed by atoms with Crippen LogP contribution in [0.15, 0.2) is 24.3 Å². The van der Waals surface area contributed by atoms with Crippen LogP contribution in [0.2, 0.25) is 0 Å². The summed E-state index contributed by atoms with van der Waals surface area (Å²) in [7, 11) is 0. The van der Waals surface area contributed by atoms with Crippen LogP contribution in [0.25, 0.3) is 0 Å². The molecule has 5 heteroatoms. The van der Waals surface area contributed by atoms with Crippen LogP contribution in [0.4, 0.5) is 18.9 Å². The SMILES string of the molecule is CC1CCCC(CO)(Nc2ccc(C(F)(F)F)cc2)C1. The first-order valence-corrected chi connectivity index (χ1v) is 6.91. The summed E-state index contributed by atoms with van der Waals surface area (Å²) in [6.07, 6.45) is -0.474. The van der Waals surface area contributed by atoms with Crippen molar-refractivity contribution in [3.63, 3.8) is 0 Å². The zero-order chi connectivity index (χ0) is 14.8. The summed E-state index contributed by atoms with van der Waals surface area (Å²) >= 11 is 0. The van der Waals surface area contributed by atoms with E-state index in [9.17, 15) is 18.3 Å². The number of nitrogens with one attached hydrogen (secondary N) is 1. The van der Waals surface area contributed by atoms with Gasteiger partial charge in [-0.3, -0.25) is 0 Å². The highest BCUT2D eigenvalue weighted by atomic mass is 19.4. The molecule has 1 aliphatic carbocycles. The minimum Gasteiger partial charge on any atom is -0.394 e. The molecule has 0 bridgehead atoms. The molecule has 2 rings (SSSR count). The maximum absolute atomic E-state index is 12.5.